The van der Waals surface area contributed by atoms with Crippen LogP contribution in [0, 0.1) is 5.41 Å². The monoisotopic (exact) mass is 424 g/mol. The van der Waals surface area contributed by atoms with Crippen molar-refractivity contribution in [3.05, 3.63) is 11.1 Å². The quantitative estimate of drug-likeness (QED) is 0.735. The Morgan fingerprint density at radius 1 is 1.38 bits per heavy atom. The maximum atomic E-state index is 12.7. The van der Waals surface area contributed by atoms with Crippen molar-refractivity contribution in [1.82, 2.24) is 15.2 Å². The van der Waals surface area contributed by atoms with Crippen molar-refractivity contribution in [2.75, 3.05) is 25.0 Å². The van der Waals surface area contributed by atoms with Crippen LogP contribution in [-0.2, 0) is 16.0 Å². The number of hydrogen-bond acceptors (Lipinski definition) is 5. The Labute approximate surface area is 172 Å². The van der Waals surface area contributed by atoms with Gasteiger partial charge in [0.2, 0.25) is 11.8 Å². The molecule has 9 heteroatoms. The summed E-state index contributed by atoms with van der Waals surface area (Å²) >= 11 is 1.37. The maximum absolute atomic E-state index is 12.7. The van der Waals surface area contributed by atoms with Crippen molar-refractivity contribution in [1.29, 1.82) is 0 Å². The smallest absolute Gasteiger partial charge is 0.231 e. The number of halogens is 2. The molecular weight excluding hydrogens is 395 g/mol. The van der Waals surface area contributed by atoms with E-state index in [9.17, 15) is 9.59 Å². The van der Waals surface area contributed by atoms with Crippen LogP contribution in [0.15, 0.2) is 5.38 Å². The van der Waals surface area contributed by atoms with Gasteiger partial charge in [0.05, 0.1) is 12.1 Å². The molecule has 0 spiro atoms. The van der Waals surface area contributed by atoms with Crippen LogP contribution in [-0.4, -0.2) is 47.4 Å². The van der Waals surface area contributed by atoms with E-state index in [2.05, 4.69) is 22.5 Å². The molecule has 0 radical (unpaired) electrons. The molecule has 1 aromatic heterocycles. The fourth-order valence-corrected chi connectivity index (χ4v) is 3.35. The first-order valence-corrected chi connectivity index (χ1v) is 9.45. The van der Waals surface area contributed by atoms with Crippen molar-refractivity contribution < 1.29 is 9.59 Å². The van der Waals surface area contributed by atoms with Gasteiger partial charge in [-0.15, -0.1) is 36.2 Å². The zero-order valence-electron chi connectivity index (χ0n) is 15.8. The fraction of sp³-hybridized carbons (Fsp3) is 0.706. The van der Waals surface area contributed by atoms with Crippen molar-refractivity contribution in [2.45, 2.75) is 53.0 Å². The summed E-state index contributed by atoms with van der Waals surface area (Å²) in [6.45, 7) is 10.3. The van der Waals surface area contributed by atoms with Crippen LogP contribution in [0.4, 0.5) is 5.13 Å². The number of nitrogens with one attached hydrogen (secondary N) is 2. The number of hydrogen-bond donors (Lipinski definition) is 2. The van der Waals surface area contributed by atoms with Gasteiger partial charge in [-0.2, -0.15) is 0 Å². The van der Waals surface area contributed by atoms with E-state index in [0.29, 0.717) is 11.6 Å². The summed E-state index contributed by atoms with van der Waals surface area (Å²) in [7, 11) is 0. The SMILES string of the molecule is CCCN(C(=O)Cc1csc(NC(=O)C(C)(C)C)n1)C1CCNC1.Cl.Cl. The first kappa shape index (κ1) is 25.1. The van der Waals surface area contributed by atoms with Crippen molar-refractivity contribution in [2.24, 2.45) is 5.41 Å². The maximum Gasteiger partial charge on any atom is 0.231 e. The first-order chi connectivity index (χ1) is 11.3. The molecule has 0 bridgehead atoms. The molecule has 6 nitrogen and oxygen atoms in total. The van der Waals surface area contributed by atoms with Gasteiger partial charge >= 0.3 is 0 Å². The van der Waals surface area contributed by atoms with Gasteiger partial charge in [0, 0.05) is 29.9 Å². The molecule has 1 aliphatic heterocycles. The Bertz CT molecular complexity index is 584. The molecule has 0 aromatic carbocycles. The topological polar surface area (TPSA) is 74.3 Å². The van der Waals surface area contributed by atoms with Gasteiger partial charge in [-0.1, -0.05) is 27.7 Å². The lowest BCUT2D eigenvalue weighted by molar-refractivity contribution is -0.132. The van der Waals surface area contributed by atoms with Gasteiger partial charge in [-0.05, 0) is 19.4 Å². The lowest BCUT2D eigenvalue weighted by atomic mass is 9.96. The highest BCUT2D eigenvalue weighted by Gasteiger charge is 2.26. The average Bonchev–Trinajstić information content (AvgIpc) is 3.15. The van der Waals surface area contributed by atoms with Gasteiger partial charge < -0.3 is 15.5 Å². The lowest BCUT2D eigenvalue weighted by Gasteiger charge is -2.28. The Balaban J connectivity index is 0.00000312. The summed E-state index contributed by atoms with van der Waals surface area (Å²) < 4.78 is 0. The minimum absolute atomic E-state index is 0. The summed E-state index contributed by atoms with van der Waals surface area (Å²) in [6.07, 6.45) is 2.25. The highest BCUT2D eigenvalue weighted by Crippen LogP contribution is 2.21. The van der Waals surface area contributed by atoms with Crippen LogP contribution >= 0.6 is 36.2 Å². The van der Waals surface area contributed by atoms with Crippen LogP contribution in [0.1, 0.15) is 46.2 Å². The third-order valence-electron chi connectivity index (χ3n) is 4.05. The van der Waals surface area contributed by atoms with Crippen LogP contribution in [0.5, 0.6) is 0 Å². The van der Waals surface area contributed by atoms with E-state index in [-0.39, 0.29) is 42.7 Å². The molecule has 0 saturated carbocycles. The molecule has 1 aromatic rings. The van der Waals surface area contributed by atoms with Crippen molar-refractivity contribution in [3.8, 4) is 0 Å². The number of rotatable bonds is 6. The molecule has 1 atom stereocenters. The molecule has 1 saturated heterocycles. The van der Waals surface area contributed by atoms with E-state index in [4.69, 9.17) is 0 Å². The second-order valence-corrected chi connectivity index (χ2v) is 8.12. The van der Waals surface area contributed by atoms with Crippen LogP contribution in [0.2, 0.25) is 0 Å². The largest absolute Gasteiger partial charge is 0.338 e. The van der Waals surface area contributed by atoms with Gasteiger partial charge in [0.25, 0.3) is 0 Å². The second-order valence-electron chi connectivity index (χ2n) is 7.26. The summed E-state index contributed by atoms with van der Waals surface area (Å²) in [5.74, 6) is 0.0453. The molecule has 2 amide bonds. The van der Waals surface area contributed by atoms with Gasteiger partial charge in [-0.3, -0.25) is 9.59 Å². The van der Waals surface area contributed by atoms with Gasteiger partial charge in [0.15, 0.2) is 5.13 Å². The molecule has 26 heavy (non-hydrogen) atoms. The zero-order chi connectivity index (χ0) is 17.7. The van der Waals surface area contributed by atoms with Crippen LogP contribution in [0.3, 0.4) is 0 Å². The standard InChI is InChI=1S/C17H28N4O2S.2ClH/c1-5-8-21(13-6-7-18-10-13)14(22)9-12-11-24-16(19-12)20-15(23)17(2,3)4;;/h11,13,18H,5-10H2,1-4H3,(H,19,20,23);2*1H. The van der Waals surface area contributed by atoms with E-state index < -0.39 is 5.41 Å². The van der Waals surface area contributed by atoms with Crippen molar-refractivity contribution in [3.63, 3.8) is 0 Å². The molecule has 1 fully saturated rings. The minimum Gasteiger partial charge on any atom is -0.338 e. The Hall–Kier alpha value is -0.890. The molecule has 2 heterocycles. The molecule has 0 aliphatic carbocycles. The highest BCUT2D eigenvalue weighted by atomic mass is 35.5. The average molecular weight is 425 g/mol. The lowest BCUT2D eigenvalue weighted by Crippen LogP contribution is -2.42. The third-order valence-corrected chi connectivity index (χ3v) is 4.85. The minimum atomic E-state index is -0.463. The van der Waals surface area contributed by atoms with E-state index in [1.165, 1.54) is 11.3 Å². The van der Waals surface area contributed by atoms with Crippen LogP contribution < -0.4 is 10.6 Å². The number of amides is 2. The van der Waals surface area contributed by atoms with E-state index in [1.54, 1.807) is 0 Å². The first-order valence-electron chi connectivity index (χ1n) is 8.57. The fourth-order valence-electron chi connectivity index (χ4n) is 2.64. The molecule has 150 valence electrons. The number of anilines is 1. The Morgan fingerprint density at radius 3 is 2.62 bits per heavy atom. The van der Waals surface area contributed by atoms with E-state index >= 15 is 0 Å². The number of thiazole rings is 1. The van der Waals surface area contributed by atoms with Crippen LogP contribution in [0.25, 0.3) is 0 Å². The molecular formula is C17H30Cl2N4O2S. The molecule has 1 aliphatic rings. The predicted molar refractivity (Wildman–Crippen MR) is 112 cm³/mol. The second kappa shape index (κ2) is 11.1. The van der Waals surface area contributed by atoms with Gasteiger partial charge in [-0.25, -0.2) is 4.98 Å². The van der Waals surface area contributed by atoms with E-state index in [0.717, 1.165) is 38.2 Å². The molecule has 2 N–H and O–H groups in total. The Kier molecular flexibility index (Phi) is 10.7. The summed E-state index contributed by atoms with van der Waals surface area (Å²) in [6, 6.07) is 0.288. The van der Waals surface area contributed by atoms with Crippen molar-refractivity contribution >= 4 is 53.1 Å². The molecule has 1 unspecified atom stereocenters. The third kappa shape index (κ3) is 7.02. The number of nitrogens with zero attached hydrogens (tertiary/aromatic N) is 2. The van der Waals surface area contributed by atoms with E-state index in [1.807, 2.05) is 31.1 Å². The Morgan fingerprint density at radius 2 is 2.08 bits per heavy atom. The summed E-state index contributed by atoms with van der Waals surface area (Å²) in [5, 5.41) is 8.55. The van der Waals surface area contributed by atoms with Gasteiger partial charge in [0.1, 0.15) is 0 Å². The number of carbonyl (C=O) groups is 2. The predicted octanol–water partition coefficient (Wildman–Crippen LogP) is 3.11. The summed E-state index contributed by atoms with van der Waals surface area (Å²) in [4.78, 5) is 31.0. The highest BCUT2D eigenvalue weighted by molar-refractivity contribution is 7.13. The zero-order valence-corrected chi connectivity index (χ0v) is 18.3. The normalized spacial score (nSPS) is 16.4. The molecule has 2 rings (SSSR count). The number of carbonyl (C=O) groups excluding carboxylic acids is 2. The summed E-state index contributed by atoms with van der Waals surface area (Å²) in [5.41, 5.74) is 0.260. The number of aromatic nitrogens is 1.